The highest BCUT2D eigenvalue weighted by atomic mass is 16.5. The molecule has 1 aliphatic carbocycles. The zero-order chi connectivity index (χ0) is 13.0. The third-order valence-corrected chi connectivity index (χ3v) is 5.00. The van der Waals surface area contributed by atoms with Gasteiger partial charge in [0.05, 0.1) is 6.10 Å². The van der Waals surface area contributed by atoms with Crippen LogP contribution < -0.4 is 5.32 Å². The predicted octanol–water partition coefficient (Wildman–Crippen LogP) is 2.26. The molecule has 0 aromatic heterocycles. The number of nitrogens with zero attached hydrogens (tertiary/aromatic N) is 1. The summed E-state index contributed by atoms with van der Waals surface area (Å²) in [6.45, 7) is 8.45. The molecule has 0 aromatic rings. The van der Waals surface area contributed by atoms with Crippen LogP contribution in [0.3, 0.4) is 0 Å². The van der Waals surface area contributed by atoms with E-state index >= 15 is 0 Å². The Balaban J connectivity index is 1.70. The average Bonchev–Trinajstić information content (AvgIpc) is 2.86. The van der Waals surface area contributed by atoms with Crippen LogP contribution in [0.2, 0.25) is 0 Å². The maximum Gasteiger partial charge on any atom is 0.0586 e. The maximum absolute atomic E-state index is 5.45. The van der Waals surface area contributed by atoms with E-state index in [0.29, 0.717) is 18.2 Å². The molecule has 0 amide bonds. The van der Waals surface area contributed by atoms with E-state index in [1.165, 1.54) is 51.7 Å². The fraction of sp³-hybridized carbons (Fsp3) is 1.00. The van der Waals surface area contributed by atoms with E-state index in [2.05, 4.69) is 24.1 Å². The second-order valence-electron chi connectivity index (χ2n) is 6.09. The molecule has 3 heteroatoms. The average molecular weight is 254 g/mol. The van der Waals surface area contributed by atoms with E-state index in [1.807, 2.05) is 7.11 Å². The maximum atomic E-state index is 5.45. The molecule has 0 aromatic carbocycles. The molecule has 1 heterocycles. The topological polar surface area (TPSA) is 24.5 Å². The van der Waals surface area contributed by atoms with Crippen molar-refractivity contribution >= 4 is 0 Å². The van der Waals surface area contributed by atoms with Gasteiger partial charge in [-0.15, -0.1) is 0 Å². The summed E-state index contributed by atoms with van der Waals surface area (Å²) in [6.07, 6.45) is 6.95. The Kier molecular flexibility index (Phi) is 5.46. The van der Waals surface area contributed by atoms with E-state index < -0.39 is 0 Å². The monoisotopic (exact) mass is 254 g/mol. The lowest BCUT2D eigenvalue weighted by molar-refractivity contribution is 0.105. The number of hydrogen-bond acceptors (Lipinski definition) is 3. The van der Waals surface area contributed by atoms with Crippen molar-refractivity contribution in [3.05, 3.63) is 0 Å². The minimum atomic E-state index is 0.497. The summed E-state index contributed by atoms with van der Waals surface area (Å²) in [5.41, 5.74) is 0. The van der Waals surface area contributed by atoms with E-state index in [-0.39, 0.29) is 0 Å². The summed E-state index contributed by atoms with van der Waals surface area (Å²) in [7, 11) is 1.84. The van der Waals surface area contributed by atoms with Gasteiger partial charge in [-0.2, -0.15) is 0 Å². The number of ether oxygens (including phenoxy) is 1. The number of piperidine rings is 1. The number of hydrogen-bond donors (Lipinski definition) is 1. The zero-order valence-corrected chi connectivity index (χ0v) is 12.3. The van der Waals surface area contributed by atoms with Crippen molar-refractivity contribution in [2.24, 2.45) is 5.92 Å². The molecular weight excluding hydrogens is 224 g/mol. The second-order valence-corrected chi connectivity index (χ2v) is 6.09. The van der Waals surface area contributed by atoms with E-state index in [1.54, 1.807) is 0 Å². The first kappa shape index (κ1) is 14.3. The van der Waals surface area contributed by atoms with E-state index in [4.69, 9.17) is 4.74 Å². The van der Waals surface area contributed by atoms with E-state index in [0.717, 1.165) is 5.92 Å². The minimum absolute atomic E-state index is 0.497. The van der Waals surface area contributed by atoms with Crippen LogP contribution in [0, 0.1) is 5.92 Å². The Labute approximate surface area is 112 Å². The molecule has 0 radical (unpaired) electrons. The fourth-order valence-electron chi connectivity index (χ4n) is 3.58. The summed E-state index contributed by atoms with van der Waals surface area (Å²) in [5.74, 6) is 0.870. The summed E-state index contributed by atoms with van der Waals surface area (Å²) >= 11 is 0. The Hall–Kier alpha value is -0.120. The van der Waals surface area contributed by atoms with Gasteiger partial charge >= 0.3 is 0 Å². The predicted molar refractivity (Wildman–Crippen MR) is 75.9 cm³/mol. The van der Waals surface area contributed by atoms with Crippen LogP contribution in [-0.2, 0) is 4.74 Å². The summed E-state index contributed by atoms with van der Waals surface area (Å²) < 4.78 is 5.45. The molecule has 0 bridgehead atoms. The van der Waals surface area contributed by atoms with Crippen LogP contribution in [0.15, 0.2) is 0 Å². The second kappa shape index (κ2) is 6.88. The van der Waals surface area contributed by atoms with Gasteiger partial charge in [-0.3, -0.25) is 0 Å². The number of nitrogens with one attached hydrogen (secondary N) is 1. The lowest BCUT2D eigenvalue weighted by Crippen LogP contribution is -2.44. The third-order valence-electron chi connectivity index (χ3n) is 5.00. The van der Waals surface area contributed by atoms with Crippen LogP contribution in [-0.4, -0.2) is 49.8 Å². The lowest BCUT2D eigenvalue weighted by atomic mass is 9.90. The molecule has 1 aliphatic heterocycles. The molecule has 106 valence electrons. The molecule has 0 spiro atoms. The van der Waals surface area contributed by atoms with Crippen molar-refractivity contribution in [2.75, 3.05) is 26.7 Å². The van der Waals surface area contributed by atoms with Gasteiger partial charge in [0.15, 0.2) is 0 Å². The Bertz CT molecular complexity index is 239. The number of likely N-dealkylation sites (tertiary alicyclic amines) is 1. The van der Waals surface area contributed by atoms with Crippen LogP contribution in [0.1, 0.15) is 46.0 Å². The van der Waals surface area contributed by atoms with Crippen molar-refractivity contribution in [3.63, 3.8) is 0 Å². The first-order valence-electron chi connectivity index (χ1n) is 7.74. The highest BCUT2D eigenvalue weighted by molar-refractivity contribution is 4.86. The molecule has 3 atom stereocenters. The fourth-order valence-corrected chi connectivity index (χ4v) is 3.58. The van der Waals surface area contributed by atoms with Crippen molar-refractivity contribution in [1.29, 1.82) is 0 Å². The molecule has 1 saturated carbocycles. The van der Waals surface area contributed by atoms with Gasteiger partial charge in [0.1, 0.15) is 0 Å². The third kappa shape index (κ3) is 3.69. The van der Waals surface area contributed by atoms with Gasteiger partial charge in [-0.05, 0) is 64.6 Å². The largest absolute Gasteiger partial charge is 0.381 e. The number of methoxy groups -OCH3 is 1. The molecule has 1 saturated heterocycles. The molecule has 3 nitrogen and oxygen atoms in total. The lowest BCUT2D eigenvalue weighted by Gasteiger charge is -2.35. The first-order chi connectivity index (χ1) is 8.72. The van der Waals surface area contributed by atoms with Crippen LogP contribution in [0.5, 0.6) is 0 Å². The smallest absolute Gasteiger partial charge is 0.0586 e. The SMILES string of the molecule is CCN1CCC(C(C)NC2CCC(OC)C2)CC1. The van der Waals surface area contributed by atoms with Gasteiger partial charge in [-0.1, -0.05) is 6.92 Å². The summed E-state index contributed by atoms with van der Waals surface area (Å²) in [6, 6.07) is 1.36. The van der Waals surface area contributed by atoms with Crippen molar-refractivity contribution < 1.29 is 4.74 Å². The van der Waals surface area contributed by atoms with Gasteiger partial charge in [-0.25, -0.2) is 0 Å². The summed E-state index contributed by atoms with van der Waals surface area (Å²) in [5, 5.41) is 3.85. The van der Waals surface area contributed by atoms with Crippen LogP contribution in [0.4, 0.5) is 0 Å². The molecule has 18 heavy (non-hydrogen) atoms. The highest BCUT2D eigenvalue weighted by Crippen LogP contribution is 2.25. The molecular formula is C15H30N2O. The van der Waals surface area contributed by atoms with Crippen LogP contribution >= 0.6 is 0 Å². The molecule has 3 unspecified atom stereocenters. The van der Waals surface area contributed by atoms with E-state index in [9.17, 15) is 0 Å². The standard InChI is InChI=1S/C15H30N2O/c1-4-17-9-7-13(8-10-17)12(2)16-14-5-6-15(11-14)18-3/h12-16H,4-11H2,1-3H3. The van der Waals surface area contributed by atoms with Crippen molar-refractivity contribution in [1.82, 2.24) is 10.2 Å². The number of rotatable bonds is 5. The van der Waals surface area contributed by atoms with Crippen molar-refractivity contribution in [3.8, 4) is 0 Å². The van der Waals surface area contributed by atoms with Gasteiger partial charge < -0.3 is 15.0 Å². The van der Waals surface area contributed by atoms with Gasteiger partial charge in [0.2, 0.25) is 0 Å². The molecule has 2 aliphatic rings. The van der Waals surface area contributed by atoms with Gasteiger partial charge in [0.25, 0.3) is 0 Å². The highest BCUT2D eigenvalue weighted by Gasteiger charge is 2.29. The normalized spacial score (nSPS) is 32.8. The molecule has 2 rings (SSSR count). The minimum Gasteiger partial charge on any atom is -0.381 e. The Morgan fingerprint density at radius 3 is 2.50 bits per heavy atom. The summed E-state index contributed by atoms with van der Waals surface area (Å²) in [4.78, 5) is 2.57. The zero-order valence-electron chi connectivity index (χ0n) is 12.3. The van der Waals surface area contributed by atoms with Crippen molar-refractivity contribution in [2.45, 2.75) is 64.1 Å². The molecule has 1 N–H and O–H groups in total. The van der Waals surface area contributed by atoms with Crippen LogP contribution in [0.25, 0.3) is 0 Å². The van der Waals surface area contributed by atoms with Gasteiger partial charge in [0, 0.05) is 19.2 Å². The Morgan fingerprint density at radius 1 is 1.22 bits per heavy atom. The Morgan fingerprint density at radius 2 is 1.94 bits per heavy atom. The quantitative estimate of drug-likeness (QED) is 0.814. The first-order valence-corrected chi connectivity index (χ1v) is 7.74. The molecule has 2 fully saturated rings.